The molecular weight excluding hydrogens is 294 g/mol. The van der Waals surface area contributed by atoms with Crippen LogP contribution < -0.4 is 5.32 Å². The summed E-state index contributed by atoms with van der Waals surface area (Å²) in [5.74, 6) is 3.08. The van der Waals surface area contributed by atoms with Crippen LogP contribution in [0.15, 0.2) is 42.7 Å². The minimum Gasteiger partial charge on any atom is -0.313 e. The summed E-state index contributed by atoms with van der Waals surface area (Å²) in [6.07, 6.45) is 14.2. The van der Waals surface area contributed by atoms with Crippen LogP contribution >= 0.6 is 0 Å². The van der Waals surface area contributed by atoms with Crippen molar-refractivity contribution in [2.24, 2.45) is 17.8 Å². The van der Waals surface area contributed by atoms with Gasteiger partial charge in [0.2, 0.25) is 0 Å². The highest BCUT2D eigenvalue weighted by atomic mass is 15.3. The molecule has 3 nitrogen and oxygen atoms in total. The van der Waals surface area contributed by atoms with Crippen LogP contribution in [0.2, 0.25) is 0 Å². The zero-order valence-corrected chi connectivity index (χ0v) is 14.5. The number of nitrogens with zero attached hydrogens (tertiary/aromatic N) is 2. The Morgan fingerprint density at radius 3 is 2.54 bits per heavy atom. The molecule has 2 fully saturated rings. The third-order valence-corrected chi connectivity index (χ3v) is 5.99. The van der Waals surface area contributed by atoms with Crippen LogP contribution in [0.25, 0.3) is 5.69 Å². The van der Waals surface area contributed by atoms with E-state index in [1.54, 1.807) is 0 Å². The fourth-order valence-electron chi connectivity index (χ4n) is 4.83. The first-order valence-corrected chi connectivity index (χ1v) is 9.66. The molecule has 2 aliphatic carbocycles. The van der Waals surface area contributed by atoms with Gasteiger partial charge >= 0.3 is 0 Å². The van der Waals surface area contributed by atoms with Gasteiger partial charge in [0.15, 0.2) is 0 Å². The number of hydrogen-bond donors (Lipinski definition) is 1. The normalized spacial score (nSPS) is 26.4. The molecule has 2 aliphatic rings. The van der Waals surface area contributed by atoms with E-state index in [9.17, 15) is 0 Å². The minimum absolute atomic E-state index is 0.971. The molecular formula is C21H29N3. The lowest BCUT2D eigenvalue weighted by Gasteiger charge is -2.39. The van der Waals surface area contributed by atoms with Gasteiger partial charge in [-0.25, -0.2) is 4.68 Å². The van der Waals surface area contributed by atoms with E-state index < -0.39 is 0 Å². The van der Waals surface area contributed by atoms with Crippen LogP contribution in [0, 0.1) is 17.8 Å². The maximum Gasteiger partial charge on any atom is 0.0645 e. The zero-order valence-electron chi connectivity index (χ0n) is 14.5. The number of aromatic nitrogens is 2. The van der Waals surface area contributed by atoms with Crippen molar-refractivity contribution in [1.82, 2.24) is 15.1 Å². The third kappa shape index (κ3) is 3.89. The molecule has 1 aromatic carbocycles. The van der Waals surface area contributed by atoms with Crippen LogP contribution in [-0.4, -0.2) is 16.3 Å². The summed E-state index contributed by atoms with van der Waals surface area (Å²) in [7, 11) is 0. The number of rotatable bonds is 6. The van der Waals surface area contributed by atoms with Crippen molar-refractivity contribution in [3.05, 3.63) is 48.3 Å². The molecule has 128 valence electrons. The molecule has 2 aromatic rings. The second kappa shape index (κ2) is 7.52. The van der Waals surface area contributed by atoms with Gasteiger partial charge in [0.05, 0.1) is 5.69 Å². The monoisotopic (exact) mass is 323 g/mol. The Bertz CT molecular complexity index is 605. The van der Waals surface area contributed by atoms with Crippen molar-refractivity contribution >= 4 is 0 Å². The van der Waals surface area contributed by atoms with Gasteiger partial charge in [-0.1, -0.05) is 31.4 Å². The van der Waals surface area contributed by atoms with E-state index in [4.69, 9.17) is 0 Å². The van der Waals surface area contributed by atoms with Crippen molar-refractivity contribution in [1.29, 1.82) is 0 Å². The van der Waals surface area contributed by atoms with Crippen LogP contribution in [0.5, 0.6) is 0 Å². The molecule has 2 bridgehead atoms. The van der Waals surface area contributed by atoms with Crippen molar-refractivity contribution in [2.75, 3.05) is 6.54 Å². The first-order valence-electron chi connectivity index (χ1n) is 9.66. The quantitative estimate of drug-likeness (QED) is 0.789. The number of fused-ring (bicyclic) bond motifs is 2. The summed E-state index contributed by atoms with van der Waals surface area (Å²) >= 11 is 0. The lowest BCUT2D eigenvalue weighted by Crippen LogP contribution is -2.28. The highest BCUT2D eigenvalue weighted by Gasteiger charge is 2.31. The van der Waals surface area contributed by atoms with E-state index in [0.717, 1.165) is 36.5 Å². The van der Waals surface area contributed by atoms with Gasteiger partial charge in [-0.05, 0) is 73.7 Å². The second-order valence-electron chi connectivity index (χ2n) is 7.82. The van der Waals surface area contributed by atoms with E-state index in [-0.39, 0.29) is 0 Å². The molecule has 4 rings (SSSR count). The largest absolute Gasteiger partial charge is 0.313 e. The molecule has 0 saturated heterocycles. The van der Waals surface area contributed by atoms with E-state index in [0.29, 0.717) is 0 Å². The van der Waals surface area contributed by atoms with Gasteiger partial charge < -0.3 is 5.32 Å². The molecule has 2 saturated carbocycles. The number of benzene rings is 1. The van der Waals surface area contributed by atoms with Gasteiger partial charge in [-0.15, -0.1) is 0 Å². The Balaban J connectivity index is 1.20. The van der Waals surface area contributed by atoms with Crippen LogP contribution in [0.3, 0.4) is 0 Å². The molecule has 1 aromatic heterocycles. The minimum atomic E-state index is 0.971. The highest BCUT2D eigenvalue weighted by Crippen LogP contribution is 2.43. The standard InChI is InChI=1S/C21H29N3/c1-3-18-13-19(4-1)15-20(14-18)9-11-22-16-17-5-7-21(8-6-17)24-12-2-10-23-24/h2,5-8,10,12,18-20,22H,1,3-4,9,11,13-16H2. The molecule has 2 unspecified atom stereocenters. The average Bonchev–Trinajstić information content (AvgIpc) is 3.14. The van der Waals surface area contributed by atoms with Crippen LogP contribution in [0.4, 0.5) is 0 Å². The van der Waals surface area contributed by atoms with E-state index in [1.165, 1.54) is 50.5 Å². The molecule has 0 radical (unpaired) electrons. The Morgan fingerprint density at radius 2 is 1.83 bits per heavy atom. The summed E-state index contributed by atoms with van der Waals surface area (Å²) < 4.78 is 1.90. The molecule has 1 heterocycles. The Morgan fingerprint density at radius 1 is 1.04 bits per heavy atom. The van der Waals surface area contributed by atoms with Gasteiger partial charge in [0.25, 0.3) is 0 Å². The number of hydrogen-bond acceptors (Lipinski definition) is 2. The second-order valence-corrected chi connectivity index (χ2v) is 7.82. The van der Waals surface area contributed by atoms with E-state index in [1.807, 2.05) is 23.1 Å². The van der Waals surface area contributed by atoms with Gasteiger partial charge in [0, 0.05) is 18.9 Å². The molecule has 1 N–H and O–H groups in total. The van der Waals surface area contributed by atoms with Crippen molar-refractivity contribution in [3.63, 3.8) is 0 Å². The summed E-state index contributed by atoms with van der Waals surface area (Å²) in [5, 5.41) is 7.91. The molecule has 0 amide bonds. The predicted octanol–water partition coefficient (Wildman–Crippen LogP) is 4.57. The molecule has 0 aliphatic heterocycles. The van der Waals surface area contributed by atoms with Crippen molar-refractivity contribution < 1.29 is 0 Å². The fourth-order valence-corrected chi connectivity index (χ4v) is 4.83. The summed E-state index contributed by atoms with van der Waals surface area (Å²) in [4.78, 5) is 0. The van der Waals surface area contributed by atoms with E-state index in [2.05, 4.69) is 34.7 Å². The topological polar surface area (TPSA) is 29.9 Å². The SMILES string of the molecule is c1cnn(-c2ccc(CNCCC3CC4CCCC(C4)C3)cc2)c1. The maximum absolute atomic E-state index is 4.27. The Hall–Kier alpha value is -1.61. The zero-order chi connectivity index (χ0) is 16.2. The number of nitrogens with one attached hydrogen (secondary N) is 1. The molecule has 24 heavy (non-hydrogen) atoms. The Kier molecular flexibility index (Phi) is 4.98. The molecule has 0 spiro atoms. The first kappa shape index (κ1) is 15.9. The van der Waals surface area contributed by atoms with Gasteiger partial charge in [0.1, 0.15) is 0 Å². The average molecular weight is 323 g/mol. The lowest BCUT2D eigenvalue weighted by atomic mass is 9.67. The summed E-state index contributed by atoms with van der Waals surface area (Å²) in [6.45, 7) is 2.13. The van der Waals surface area contributed by atoms with E-state index >= 15 is 0 Å². The summed E-state index contributed by atoms with van der Waals surface area (Å²) in [5.41, 5.74) is 2.48. The molecule has 3 heteroatoms. The third-order valence-electron chi connectivity index (χ3n) is 5.99. The fraction of sp³-hybridized carbons (Fsp3) is 0.571. The van der Waals surface area contributed by atoms with Crippen LogP contribution in [0.1, 0.15) is 50.5 Å². The maximum atomic E-state index is 4.27. The predicted molar refractivity (Wildman–Crippen MR) is 98.1 cm³/mol. The Labute approximate surface area is 145 Å². The van der Waals surface area contributed by atoms with Gasteiger partial charge in [-0.2, -0.15) is 5.10 Å². The summed E-state index contributed by atoms with van der Waals surface area (Å²) in [6, 6.07) is 10.7. The highest BCUT2D eigenvalue weighted by molar-refractivity contribution is 5.33. The molecule has 2 atom stereocenters. The van der Waals surface area contributed by atoms with Gasteiger partial charge in [-0.3, -0.25) is 0 Å². The van der Waals surface area contributed by atoms with Crippen molar-refractivity contribution in [2.45, 2.75) is 51.5 Å². The van der Waals surface area contributed by atoms with Crippen LogP contribution in [-0.2, 0) is 6.54 Å². The van der Waals surface area contributed by atoms with Crippen molar-refractivity contribution in [3.8, 4) is 5.69 Å². The first-order chi connectivity index (χ1) is 11.9. The lowest BCUT2D eigenvalue weighted by molar-refractivity contribution is 0.132. The smallest absolute Gasteiger partial charge is 0.0645 e.